The van der Waals surface area contributed by atoms with Crippen LogP contribution >= 0.6 is 15.9 Å². The molecule has 0 aromatic heterocycles. The van der Waals surface area contributed by atoms with Gasteiger partial charge in [-0.15, -0.1) is 0 Å². The van der Waals surface area contributed by atoms with Gasteiger partial charge in [0, 0.05) is 24.1 Å². The molecule has 1 aromatic carbocycles. The summed E-state index contributed by atoms with van der Waals surface area (Å²) < 4.78 is 0. The number of anilines is 1. The molecule has 0 spiro atoms. The van der Waals surface area contributed by atoms with E-state index in [0.29, 0.717) is 5.41 Å². The fourth-order valence-corrected chi connectivity index (χ4v) is 3.87. The summed E-state index contributed by atoms with van der Waals surface area (Å²) in [6, 6.07) is 8.89. The summed E-state index contributed by atoms with van der Waals surface area (Å²) in [5.74, 6) is 0. The Morgan fingerprint density at radius 2 is 1.75 bits per heavy atom. The summed E-state index contributed by atoms with van der Waals surface area (Å²) >= 11 is 3.79. The highest BCUT2D eigenvalue weighted by atomic mass is 79.9. The minimum absolute atomic E-state index is 0.406. The van der Waals surface area contributed by atoms with Gasteiger partial charge in [0.05, 0.1) is 0 Å². The van der Waals surface area contributed by atoms with Gasteiger partial charge in [-0.1, -0.05) is 54.8 Å². The van der Waals surface area contributed by atoms with Crippen LogP contribution in [0.3, 0.4) is 0 Å². The molecule has 0 amide bonds. The van der Waals surface area contributed by atoms with E-state index in [4.69, 9.17) is 0 Å². The van der Waals surface area contributed by atoms with Crippen molar-refractivity contribution in [2.75, 3.05) is 23.3 Å². The third-order valence-corrected chi connectivity index (χ3v) is 5.31. The van der Waals surface area contributed by atoms with Crippen molar-refractivity contribution in [3.05, 3.63) is 29.8 Å². The predicted molar refractivity (Wildman–Crippen MR) is 95.1 cm³/mol. The molecule has 0 heterocycles. The van der Waals surface area contributed by atoms with E-state index in [1.54, 1.807) is 0 Å². The largest absolute Gasteiger partial charge is 0.371 e. The Morgan fingerprint density at radius 1 is 1.10 bits per heavy atom. The maximum atomic E-state index is 3.79. The lowest BCUT2D eigenvalue weighted by Gasteiger charge is -2.38. The molecule has 2 heteroatoms. The molecule has 1 aromatic rings. The minimum Gasteiger partial charge on any atom is -0.371 e. The number of halogens is 1. The van der Waals surface area contributed by atoms with Crippen LogP contribution in [0.15, 0.2) is 24.3 Å². The van der Waals surface area contributed by atoms with Crippen LogP contribution in [0.2, 0.25) is 0 Å². The SMILES string of the molecule is CCCC(CBr)(CCC)CN(CC)c1cccc(C)c1. The molecule has 0 unspecified atom stereocenters. The Bertz CT molecular complexity index is 383. The van der Waals surface area contributed by atoms with Crippen LogP contribution in [0.25, 0.3) is 0 Å². The standard InChI is InChI=1S/C18H30BrN/c1-5-11-18(14-19,12-6-2)15-20(7-3)17-10-8-9-16(4)13-17/h8-10,13H,5-7,11-12,14-15H2,1-4H3. The van der Waals surface area contributed by atoms with E-state index in [2.05, 4.69) is 72.8 Å². The van der Waals surface area contributed by atoms with Crippen molar-refractivity contribution in [1.82, 2.24) is 0 Å². The summed E-state index contributed by atoms with van der Waals surface area (Å²) in [6.07, 6.45) is 5.12. The Hall–Kier alpha value is -0.500. The zero-order valence-electron chi connectivity index (χ0n) is 13.6. The second-order valence-electron chi connectivity index (χ2n) is 5.99. The highest BCUT2D eigenvalue weighted by molar-refractivity contribution is 9.09. The molecular weight excluding hydrogens is 310 g/mol. The molecule has 0 aliphatic carbocycles. The average Bonchev–Trinajstić information content (AvgIpc) is 2.45. The van der Waals surface area contributed by atoms with Crippen molar-refractivity contribution in [3.8, 4) is 0 Å². The molecule has 0 atom stereocenters. The van der Waals surface area contributed by atoms with E-state index >= 15 is 0 Å². The number of hydrogen-bond donors (Lipinski definition) is 0. The fourth-order valence-electron chi connectivity index (χ4n) is 3.13. The first kappa shape index (κ1) is 17.6. The summed E-state index contributed by atoms with van der Waals surface area (Å²) in [7, 11) is 0. The summed E-state index contributed by atoms with van der Waals surface area (Å²) in [5.41, 5.74) is 3.12. The maximum Gasteiger partial charge on any atom is 0.0368 e. The zero-order valence-corrected chi connectivity index (χ0v) is 15.2. The third kappa shape index (κ3) is 4.80. The lowest BCUT2D eigenvalue weighted by atomic mass is 9.80. The number of benzene rings is 1. The quantitative estimate of drug-likeness (QED) is 0.513. The van der Waals surface area contributed by atoms with Crippen LogP contribution in [-0.2, 0) is 0 Å². The van der Waals surface area contributed by atoms with Crippen LogP contribution in [0, 0.1) is 12.3 Å². The van der Waals surface area contributed by atoms with E-state index < -0.39 is 0 Å². The number of rotatable bonds is 9. The van der Waals surface area contributed by atoms with Crippen LogP contribution in [0.1, 0.15) is 52.0 Å². The van der Waals surface area contributed by atoms with Crippen LogP contribution in [0.5, 0.6) is 0 Å². The van der Waals surface area contributed by atoms with Crippen molar-refractivity contribution in [2.24, 2.45) is 5.41 Å². The Labute approximate surface area is 133 Å². The Morgan fingerprint density at radius 3 is 2.20 bits per heavy atom. The highest BCUT2D eigenvalue weighted by Gasteiger charge is 2.29. The van der Waals surface area contributed by atoms with Gasteiger partial charge in [-0.25, -0.2) is 0 Å². The van der Waals surface area contributed by atoms with Gasteiger partial charge in [0.15, 0.2) is 0 Å². The zero-order chi connectivity index (χ0) is 15.0. The second kappa shape index (κ2) is 8.71. The highest BCUT2D eigenvalue weighted by Crippen LogP contribution is 2.34. The summed E-state index contributed by atoms with van der Waals surface area (Å²) in [4.78, 5) is 2.54. The first-order chi connectivity index (χ1) is 9.60. The van der Waals surface area contributed by atoms with Crippen molar-refractivity contribution >= 4 is 21.6 Å². The first-order valence-corrected chi connectivity index (χ1v) is 9.10. The smallest absolute Gasteiger partial charge is 0.0368 e. The molecule has 0 N–H and O–H groups in total. The van der Waals surface area contributed by atoms with Gasteiger partial charge >= 0.3 is 0 Å². The molecule has 0 aliphatic heterocycles. The lowest BCUT2D eigenvalue weighted by Crippen LogP contribution is -2.39. The molecule has 0 fully saturated rings. The number of aryl methyl sites for hydroxylation is 1. The predicted octanol–water partition coefficient (Wildman–Crippen LogP) is 5.80. The molecule has 0 saturated carbocycles. The van der Waals surface area contributed by atoms with E-state index in [9.17, 15) is 0 Å². The molecule has 0 saturated heterocycles. The molecule has 0 radical (unpaired) electrons. The van der Waals surface area contributed by atoms with Crippen LogP contribution in [-0.4, -0.2) is 18.4 Å². The first-order valence-electron chi connectivity index (χ1n) is 7.98. The van der Waals surface area contributed by atoms with Crippen LogP contribution in [0.4, 0.5) is 5.69 Å². The molecule has 1 nitrogen and oxygen atoms in total. The fraction of sp³-hybridized carbons (Fsp3) is 0.667. The molecule has 0 bridgehead atoms. The Balaban J connectivity index is 2.93. The average molecular weight is 340 g/mol. The van der Waals surface area contributed by atoms with E-state index in [1.807, 2.05) is 0 Å². The van der Waals surface area contributed by atoms with Crippen molar-refractivity contribution < 1.29 is 0 Å². The van der Waals surface area contributed by atoms with Gasteiger partial charge in [0.1, 0.15) is 0 Å². The number of hydrogen-bond acceptors (Lipinski definition) is 1. The monoisotopic (exact) mass is 339 g/mol. The lowest BCUT2D eigenvalue weighted by molar-refractivity contribution is 0.280. The van der Waals surface area contributed by atoms with Gasteiger partial charge in [-0.05, 0) is 49.8 Å². The number of alkyl halides is 1. The van der Waals surface area contributed by atoms with Gasteiger partial charge in [-0.2, -0.15) is 0 Å². The van der Waals surface area contributed by atoms with Gasteiger partial charge < -0.3 is 4.90 Å². The molecular formula is C18H30BrN. The van der Waals surface area contributed by atoms with Crippen molar-refractivity contribution in [2.45, 2.75) is 53.4 Å². The second-order valence-corrected chi connectivity index (χ2v) is 6.55. The molecule has 114 valence electrons. The van der Waals surface area contributed by atoms with Crippen molar-refractivity contribution in [3.63, 3.8) is 0 Å². The minimum atomic E-state index is 0.406. The molecule has 1 rings (SSSR count). The normalized spacial score (nSPS) is 11.7. The van der Waals surface area contributed by atoms with E-state index in [-0.39, 0.29) is 0 Å². The van der Waals surface area contributed by atoms with Gasteiger partial charge in [0.25, 0.3) is 0 Å². The molecule has 20 heavy (non-hydrogen) atoms. The summed E-state index contributed by atoms with van der Waals surface area (Å²) in [5, 5.41) is 1.10. The van der Waals surface area contributed by atoms with Crippen molar-refractivity contribution in [1.29, 1.82) is 0 Å². The van der Waals surface area contributed by atoms with Gasteiger partial charge in [-0.3, -0.25) is 0 Å². The Kier molecular flexibility index (Phi) is 7.65. The topological polar surface area (TPSA) is 3.24 Å². The summed E-state index contributed by atoms with van der Waals surface area (Å²) in [6.45, 7) is 11.3. The number of nitrogens with zero attached hydrogens (tertiary/aromatic N) is 1. The maximum absolute atomic E-state index is 3.79. The van der Waals surface area contributed by atoms with E-state index in [1.165, 1.54) is 36.9 Å². The third-order valence-electron chi connectivity index (χ3n) is 4.12. The van der Waals surface area contributed by atoms with Crippen LogP contribution < -0.4 is 4.90 Å². The molecule has 0 aliphatic rings. The van der Waals surface area contributed by atoms with Gasteiger partial charge in [0.2, 0.25) is 0 Å². The van der Waals surface area contributed by atoms with E-state index in [0.717, 1.165) is 18.4 Å².